The van der Waals surface area contributed by atoms with Gasteiger partial charge in [0, 0.05) is 16.2 Å². The van der Waals surface area contributed by atoms with Crippen LogP contribution in [0.1, 0.15) is 5.56 Å². The molecule has 52 valence electrons. The Morgan fingerprint density at radius 2 is 2.30 bits per heavy atom. The normalized spacial score (nSPS) is 15.3. The molecule has 0 saturated heterocycles. The van der Waals surface area contributed by atoms with E-state index < -0.39 is 0 Å². The first-order valence-corrected chi connectivity index (χ1v) is 4.26. The molecule has 0 amide bonds. The standard InChI is InChI=1S/C8H7FS/c9-7-2-1-3-8-6(7)4-5-10-8/h1-3H,4-5H2. The van der Waals surface area contributed by atoms with E-state index >= 15 is 0 Å². The third-order valence-corrected chi connectivity index (χ3v) is 2.79. The Morgan fingerprint density at radius 3 is 3.10 bits per heavy atom. The van der Waals surface area contributed by atoms with Gasteiger partial charge in [-0.3, -0.25) is 0 Å². The molecule has 1 aliphatic rings. The summed E-state index contributed by atoms with van der Waals surface area (Å²) in [5, 5.41) is 0. The van der Waals surface area contributed by atoms with Crippen LogP contribution in [0.4, 0.5) is 4.39 Å². The molecule has 0 unspecified atom stereocenters. The number of fused-ring (bicyclic) bond motifs is 1. The third-order valence-electron chi connectivity index (χ3n) is 1.69. The van der Waals surface area contributed by atoms with Crippen LogP contribution in [-0.4, -0.2) is 5.75 Å². The van der Waals surface area contributed by atoms with Crippen LogP contribution in [0, 0.1) is 5.82 Å². The van der Waals surface area contributed by atoms with Crippen LogP contribution >= 0.6 is 11.8 Å². The fourth-order valence-electron chi connectivity index (χ4n) is 1.18. The maximum Gasteiger partial charge on any atom is 0.127 e. The van der Waals surface area contributed by atoms with E-state index in [4.69, 9.17) is 0 Å². The monoisotopic (exact) mass is 154 g/mol. The van der Waals surface area contributed by atoms with Gasteiger partial charge in [-0.25, -0.2) is 4.39 Å². The van der Waals surface area contributed by atoms with E-state index in [1.165, 1.54) is 6.07 Å². The highest BCUT2D eigenvalue weighted by molar-refractivity contribution is 7.99. The summed E-state index contributed by atoms with van der Waals surface area (Å²) in [6, 6.07) is 5.28. The summed E-state index contributed by atoms with van der Waals surface area (Å²) < 4.78 is 12.9. The predicted octanol–water partition coefficient (Wildman–Crippen LogP) is 2.47. The number of halogens is 1. The molecule has 0 atom stereocenters. The van der Waals surface area contributed by atoms with Gasteiger partial charge in [0.2, 0.25) is 0 Å². The van der Waals surface area contributed by atoms with Crippen molar-refractivity contribution in [1.82, 2.24) is 0 Å². The second-order valence-corrected chi connectivity index (χ2v) is 3.45. The molecule has 1 aromatic carbocycles. The SMILES string of the molecule is Fc1cccc2c1CCS2. The lowest BCUT2D eigenvalue weighted by Gasteiger charge is -1.96. The van der Waals surface area contributed by atoms with Gasteiger partial charge in [-0.1, -0.05) is 6.07 Å². The summed E-state index contributed by atoms with van der Waals surface area (Å²) in [6.07, 6.45) is 0.896. The van der Waals surface area contributed by atoms with Crippen molar-refractivity contribution >= 4 is 11.8 Å². The number of rotatable bonds is 0. The molecule has 1 aromatic rings. The van der Waals surface area contributed by atoms with E-state index in [2.05, 4.69) is 0 Å². The largest absolute Gasteiger partial charge is 0.207 e. The minimum absolute atomic E-state index is 0.0394. The average Bonchev–Trinajstić information content (AvgIpc) is 2.36. The molecule has 2 rings (SSSR count). The fraction of sp³-hybridized carbons (Fsp3) is 0.250. The van der Waals surface area contributed by atoms with Crippen molar-refractivity contribution in [3.63, 3.8) is 0 Å². The molecule has 1 aliphatic heterocycles. The van der Waals surface area contributed by atoms with Gasteiger partial charge in [0.25, 0.3) is 0 Å². The molecular formula is C8H7FS. The van der Waals surface area contributed by atoms with E-state index in [1.807, 2.05) is 6.07 Å². The van der Waals surface area contributed by atoms with Gasteiger partial charge in [0.05, 0.1) is 0 Å². The van der Waals surface area contributed by atoms with Crippen molar-refractivity contribution < 1.29 is 4.39 Å². The zero-order valence-corrected chi connectivity index (χ0v) is 6.25. The lowest BCUT2D eigenvalue weighted by molar-refractivity contribution is 0.609. The first-order chi connectivity index (χ1) is 4.88. The number of hydrogen-bond donors (Lipinski definition) is 0. The predicted molar refractivity (Wildman–Crippen MR) is 40.8 cm³/mol. The Kier molecular flexibility index (Phi) is 1.42. The van der Waals surface area contributed by atoms with E-state index in [0.29, 0.717) is 0 Å². The molecule has 10 heavy (non-hydrogen) atoms. The highest BCUT2D eigenvalue weighted by Gasteiger charge is 2.13. The maximum absolute atomic E-state index is 12.9. The highest BCUT2D eigenvalue weighted by Crippen LogP contribution is 2.32. The van der Waals surface area contributed by atoms with Crippen molar-refractivity contribution in [2.45, 2.75) is 11.3 Å². The summed E-state index contributed by atoms with van der Waals surface area (Å²) in [4.78, 5) is 1.13. The van der Waals surface area contributed by atoms with Gasteiger partial charge >= 0.3 is 0 Å². The van der Waals surface area contributed by atoms with E-state index in [-0.39, 0.29) is 5.82 Å². The van der Waals surface area contributed by atoms with Crippen LogP contribution < -0.4 is 0 Å². The zero-order chi connectivity index (χ0) is 6.97. The van der Waals surface area contributed by atoms with Gasteiger partial charge in [-0.2, -0.15) is 0 Å². The van der Waals surface area contributed by atoms with Crippen molar-refractivity contribution in [3.05, 3.63) is 29.6 Å². The molecule has 0 aliphatic carbocycles. The Bertz CT molecular complexity index is 257. The minimum atomic E-state index is -0.0394. The smallest absolute Gasteiger partial charge is 0.127 e. The van der Waals surface area contributed by atoms with Crippen LogP contribution in [0.15, 0.2) is 23.1 Å². The van der Waals surface area contributed by atoms with Gasteiger partial charge in [0.15, 0.2) is 0 Å². The van der Waals surface area contributed by atoms with Gasteiger partial charge in [-0.15, -0.1) is 11.8 Å². The second kappa shape index (κ2) is 2.27. The Morgan fingerprint density at radius 1 is 1.40 bits per heavy atom. The number of thioether (sulfide) groups is 1. The first-order valence-electron chi connectivity index (χ1n) is 3.28. The topological polar surface area (TPSA) is 0 Å². The summed E-state index contributed by atoms with van der Waals surface area (Å²) >= 11 is 1.74. The number of hydrogen-bond acceptors (Lipinski definition) is 1. The van der Waals surface area contributed by atoms with Crippen LogP contribution in [0.2, 0.25) is 0 Å². The minimum Gasteiger partial charge on any atom is -0.207 e. The Balaban J connectivity index is 2.59. The molecule has 0 N–H and O–H groups in total. The number of benzene rings is 1. The van der Waals surface area contributed by atoms with E-state index in [0.717, 1.165) is 22.6 Å². The fourth-order valence-corrected chi connectivity index (χ4v) is 2.25. The molecule has 0 bridgehead atoms. The van der Waals surface area contributed by atoms with E-state index in [1.54, 1.807) is 17.8 Å². The van der Waals surface area contributed by atoms with Crippen molar-refractivity contribution in [2.24, 2.45) is 0 Å². The lowest BCUT2D eigenvalue weighted by Crippen LogP contribution is -1.85. The maximum atomic E-state index is 12.9. The van der Waals surface area contributed by atoms with Crippen LogP contribution in [-0.2, 0) is 6.42 Å². The first kappa shape index (κ1) is 6.23. The average molecular weight is 154 g/mol. The Hall–Kier alpha value is -0.500. The van der Waals surface area contributed by atoms with Gasteiger partial charge in [-0.05, 0) is 18.6 Å². The zero-order valence-electron chi connectivity index (χ0n) is 5.43. The van der Waals surface area contributed by atoms with Gasteiger partial charge < -0.3 is 0 Å². The van der Waals surface area contributed by atoms with Crippen LogP contribution in [0.25, 0.3) is 0 Å². The molecule has 0 aromatic heterocycles. The molecular weight excluding hydrogens is 147 g/mol. The summed E-state index contributed by atoms with van der Waals surface area (Å²) in [6.45, 7) is 0. The summed E-state index contributed by atoms with van der Waals surface area (Å²) in [7, 11) is 0. The van der Waals surface area contributed by atoms with Crippen molar-refractivity contribution in [3.8, 4) is 0 Å². The van der Waals surface area contributed by atoms with Crippen LogP contribution in [0.3, 0.4) is 0 Å². The quantitative estimate of drug-likeness (QED) is 0.553. The molecule has 2 heteroatoms. The van der Waals surface area contributed by atoms with Crippen molar-refractivity contribution in [2.75, 3.05) is 5.75 Å². The highest BCUT2D eigenvalue weighted by atomic mass is 32.2. The molecule has 0 radical (unpaired) electrons. The van der Waals surface area contributed by atoms with Crippen LogP contribution in [0.5, 0.6) is 0 Å². The lowest BCUT2D eigenvalue weighted by atomic mass is 10.2. The summed E-state index contributed by atoms with van der Waals surface area (Å²) in [5.41, 5.74) is 0.910. The molecule has 1 heterocycles. The van der Waals surface area contributed by atoms with Crippen molar-refractivity contribution in [1.29, 1.82) is 0 Å². The van der Waals surface area contributed by atoms with Gasteiger partial charge in [0.1, 0.15) is 5.82 Å². The summed E-state index contributed by atoms with van der Waals surface area (Å²) in [5.74, 6) is 0.999. The molecule has 0 saturated carbocycles. The Labute approximate surface area is 63.4 Å². The molecule has 0 spiro atoms. The second-order valence-electron chi connectivity index (χ2n) is 2.31. The molecule has 0 fully saturated rings. The van der Waals surface area contributed by atoms with E-state index in [9.17, 15) is 4.39 Å². The molecule has 0 nitrogen and oxygen atoms in total. The third kappa shape index (κ3) is 0.833.